The van der Waals surface area contributed by atoms with E-state index in [4.69, 9.17) is 25.0 Å². The molecule has 3 rings (SSSR count). The van der Waals surface area contributed by atoms with Crippen LogP contribution in [0.2, 0.25) is 18.6 Å². The van der Waals surface area contributed by atoms with E-state index < -0.39 is 25.3 Å². The molecule has 0 amide bonds. The molecule has 0 aromatic rings. The Bertz CT molecular complexity index is 487. The Hall–Kier alpha value is 0.431. The Labute approximate surface area is 165 Å². The second-order valence-electron chi connectivity index (χ2n) is 6.68. The zero-order chi connectivity index (χ0) is 16.9. The van der Waals surface area contributed by atoms with Gasteiger partial charge in [0.05, 0.1) is 0 Å². The second-order valence-corrected chi connectivity index (χ2v) is 13.9. The number of hydrogen-bond acceptors (Lipinski definition) is 1. The number of fused-ring (bicyclic) bond motifs is 1. The Morgan fingerprint density at radius 1 is 1.21 bits per heavy atom. The zero-order valence-electron chi connectivity index (χ0n) is 14.6. The van der Waals surface area contributed by atoms with Crippen molar-refractivity contribution >= 4 is 26.8 Å². The first-order valence-electron chi connectivity index (χ1n) is 7.85. The Balaban J connectivity index is 0.000000671. The molecule has 0 bridgehead atoms. The summed E-state index contributed by atoms with van der Waals surface area (Å²) in [5, 5.41) is 8.92. The fourth-order valence-corrected chi connectivity index (χ4v) is 8.02. The molecule has 1 aliphatic heterocycles. The standard InChI is InChI=1S/C16H23N3Si.CH3.2ClH.Ti/c1-4-13-9-14-7-5-6-8-15(14)16(13)20(2,3)19-11-17-10-18-12-19;;;;/h1,5-8,13-16H,9-12H2,2-3H3;1H3;2*1H;/q-2;-1;;;+6/p-2. The van der Waals surface area contributed by atoms with Crippen molar-refractivity contribution in [2.45, 2.75) is 25.1 Å². The van der Waals surface area contributed by atoms with Gasteiger partial charge in [-0.25, -0.2) is 0 Å². The van der Waals surface area contributed by atoms with Gasteiger partial charge in [-0.05, 0) is 23.8 Å². The Kier molecular flexibility index (Phi) is 9.88. The molecule has 4 unspecified atom stereocenters. The van der Waals surface area contributed by atoms with Crippen molar-refractivity contribution in [1.82, 2.24) is 4.57 Å². The van der Waals surface area contributed by atoms with Crippen LogP contribution in [0.15, 0.2) is 24.3 Å². The molecule has 130 valence electrons. The first-order valence-corrected chi connectivity index (χ1v) is 15.2. The van der Waals surface area contributed by atoms with Gasteiger partial charge >= 0.3 is 35.6 Å². The van der Waals surface area contributed by atoms with Gasteiger partial charge in [0.1, 0.15) is 8.24 Å². The molecular formula is C17H26Cl2N3SiTi+. The number of allylic oxidation sites excluding steroid dienone is 4. The van der Waals surface area contributed by atoms with Gasteiger partial charge < -0.3 is 22.6 Å². The molecule has 1 saturated carbocycles. The molecule has 3 aliphatic rings. The van der Waals surface area contributed by atoms with Crippen molar-refractivity contribution < 1.29 is 17.0 Å². The molecule has 1 heterocycles. The molecule has 2 aliphatic carbocycles. The molecule has 0 aromatic carbocycles. The van der Waals surface area contributed by atoms with E-state index in [2.05, 4.69) is 58.5 Å². The van der Waals surface area contributed by atoms with Gasteiger partial charge in [-0.1, -0.05) is 37.4 Å². The van der Waals surface area contributed by atoms with Crippen molar-refractivity contribution in [3.8, 4) is 12.3 Å². The maximum absolute atomic E-state index is 5.86. The van der Waals surface area contributed by atoms with Gasteiger partial charge in [0, 0.05) is 5.92 Å². The van der Waals surface area contributed by atoms with Gasteiger partial charge in [-0.2, -0.15) is 0 Å². The van der Waals surface area contributed by atoms with E-state index in [-0.39, 0.29) is 7.43 Å². The van der Waals surface area contributed by atoms with Crippen molar-refractivity contribution in [3.05, 3.63) is 42.4 Å². The summed E-state index contributed by atoms with van der Waals surface area (Å²) in [4.78, 5) is 0. The van der Waals surface area contributed by atoms with Gasteiger partial charge in [-0.15, -0.1) is 25.7 Å². The average Bonchev–Trinajstić information content (AvgIpc) is 2.95. The summed E-state index contributed by atoms with van der Waals surface area (Å²) < 4.78 is 2.51. The molecule has 0 spiro atoms. The molecular weight excluding hydrogens is 393 g/mol. The molecule has 0 aromatic heterocycles. The van der Waals surface area contributed by atoms with E-state index in [9.17, 15) is 0 Å². The number of hydrogen-bond donors (Lipinski definition) is 0. The third-order valence-corrected chi connectivity index (χ3v) is 9.59. The Morgan fingerprint density at radius 2 is 1.79 bits per heavy atom. The average molecular weight is 419 g/mol. The molecule has 4 atom stereocenters. The van der Waals surface area contributed by atoms with Crippen molar-refractivity contribution in [3.63, 3.8) is 0 Å². The van der Waals surface area contributed by atoms with E-state index in [0.29, 0.717) is 30.0 Å². The molecule has 3 nitrogen and oxygen atoms in total. The van der Waals surface area contributed by atoms with E-state index in [1.165, 1.54) is 0 Å². The molecule has 2 fully saturated rings. The van der Waals surface area contributed by atoms with Gasteiger partial charge in [0.2, 0.25) is 0 Å². The van der Waals surface area contributed by atoms with Crippen LogP contribution >= 0.6 is 18.6 Å². The van der Waals surface area contributed by atoms with Gasteiger partial charge in [-0.3, -0.25) is 6.67 Å². The summed E-state index contributed by atoms with van der Waals surface area (Å²) in [7, 11) is 8.13. The third-order valence-electron chi connectivity index (χ3n) is 5.26. The molecule has 0 N–H and O–H groups in total. The summed E-state index contributed by atoms with van der Waals surface area (Å²) in [5.74, 6) is 4.75. The normalized spacial score (nSPS) is 32.3. The van der Waals surface area contributed by atoms with Crippen LogP contribution in [0.4, 0.5) is 0 Å². The summed E-state index contributed by atoms with van der Waals surface area (Å²) >= 11 is -0.556. The summed E-state index contributed by atoms with van der Waals surface area (Å²) in [5.41, 5.74) is 0.613. The fourth-order valence-electron chi connectivity index (χ4n) is 4.16. The van der Waals surface area contributed by atoms with Crippen molar-refractivity contribution in [1.29, 1.82) is 0 Å². The van der Waals surface area contributed by atoms with Crippen LogP contribution in [0.25, 0.3) is 10.6 Å². The first-order chi connectivity index (χ1) is 11.1. The summed E-state index contributed by atoms with van der Waals surface area (Å²) in [6.07, 6.45) is 16.1. The topological polar surface area (TPSA) is 31.4 Å². The third kappa shape index (κ3) is 4.99. The molecule has 1 saturated heterocycles. The quantitative estimate of drug-likeness (QED) is 0.338. The van der Waals surface area contributed by atoms with E-state index >= 15 is 0 Å². The number of rotatable bonds is 2. The number of terminal acetylenes is 1. The van der Waals surface area contributed by atoms with Gasteiger partial charge in [0.25, 0.3) is 0 Å². The first kappa shape index (κ1) is 22.5. The minimum absolute atomic E-state index is 0. The fraction of sp³-hybridized carbons (Fsp3) is 0.588. The van der Waals surface area contributed by atoms with Crippen LogP contribution < -0.4 is 0 Å². The molecule has 7 heteroatoms. The number of halogens is 2. The van der Waals surface area contributed by atoms with Crippen LogP contribution in [0, 0.1) is 37.5 Å². The van der Waals surface area contributed by atoms with Gasteiger partial charge in [0.15, 0.2) is 0 Å². The minimum atomic E-state index is -1.64. The SMILES string of the molecule is C#CC1CC2C=CC=CC2C1[Si](C)(C)N1C[N-]C[N-]C1.[CH3-].[Cl][Ti+4][Cl]. The number of nitrogens with zero attached hydrogens (tertiary/aromatic N) is 3. The molecule has 24 heavy (non-hydrogen) atoms. The summed E-state index contributed by atoms with van der Waals surface area (Å²) in [6.45, 7) is 7.25. The second kappa shape index (κ2) is 10.5. The molecule has 0 radical (unpaired) electrons. The van der Waals surface area contributed by atoms with Crippen LogP contribution in [0.1, 0.15) is 6.42 Å². The van der Waals surface area contributed by atoms with Crippen molar-refractivity contribution in [2.75, 3.05) is 20.0 Å². The predicted molar refractivity (Wildman–Crippen MR) is 105 cm³/mol. The summed E-state index contributed by atoms with van der Waals surface area (Å²) in [6, 6.07) is 0. The monoisotopic (exact) mass is 418 g/mol. The Morgan fingerprint density at radius 3 is 2.38 bits per heavy atom. The zero-order valence-corrected chi connectivity index (χ0v) is 18.7. The van der Waals surface area contributed by atoms with E-state index in [0.717, 1.165) is 19.8 Å². The van der Waals surface area contributed by atoms with E-state index in [1.54, 1.807) is 0 Å². The van der Waals surface area contributed by atoms with Crippen LogP contribution in [-0.2, 0) is 17.0 Å². The van der Waals surface area contributed by atoms with Crippen LogP contribution in [0.3, 0.4) is 0 Å². The van der Waals surface area contributed by atoms with E-state index in [1.807, 2.05) is 0 Å². The predicted octanol–water partition coefficient (Wildman–Crippen LogP) is 5.34. The maximum atomic E-state index is 5.86. The van der Waals surface area contributed by atoms with Crippen molar-refractivity contribution in [2.24, 2.45) is 17.8 Å². The van der Waals surface area contributed by atoms with Crippen LogP contribution in [0.5, 0.6) is 0 Å². The van der Waals surface area contributed by atoms with Crippen LogP contribution in [-0.4, -0.2) is 32.8 Å².